The number of nitrogens with one attached hydrogen (secondary N) is 1. The maximum absolute atomic E-state index is 11.9. The third-order valence-electron chi connectivity index (χ3n) is 2.39. The Morgan fingerprint density at radius 3 is 2.72 bits per heavy atom. The minimum Gasteiger partial charge on any atom is -0.321 e. The molecule has 0 atom stereocenters. The largest absolute Gasteiger partial charge is 0.321 e. The highest BCUT2D eigenvalue weighted by molar-refractivity contribution is 14.1. The Bertz CT molecular complexity index is 584. The molecule has 92 valence electrons. The lowest BCUT2D eigenvalue weighted by molar-refractivity contribution is 0.102. The minimum atomic E-state index is -0.244. The van der Waals surface area contributed by atoms with E-state index in [1.54, 1.807) is 12.1 Å². The predicted octanol–water partition coefficient (Wildman–Crippen LogP) is 3.90. The number of hydrogen-bond acceptors (Lipinski definition) is 2. The van der Waals surface area contributed by atoms with Crippen LogP contribution in [0, 0.1) is 10.5 Å². The number of amides is 1. The van der Waals surface area contributed by atoms with Gasteiger partial charge in [0.15, 0.2) is 0 Å². The SMILES string of the molecule is Cc1ccc(NC(=O)c2ccc(Cl)cn2)cc1I. The van der Waals surface area contributed by atoms with Crippen LogP contribution in [0.3, 0.4) is 0 Å². The highest BCUT2D eigenvalue weighted by Gasteiger charge is 2.07. The Hall–Kier alpha value is -1.14. The lowest BCUT2D eigenvalue weighted by Gasteiger charge is -2.06. The fourth-order valence-corrected chi connectivity index (χ4v) is 2.00. The Morgan fingerprint density at radius 2 is 2.11 bits per heavy atom. The molecule has 0 aliphatic heterocycles. The normalized spacial score (nSPS) is 10.2. The molecule has 1 N–H and O–H groups in total. The van der Waals surface area contributed by atoms with Gasteiger partial charge in [0.25, 0.3) is 5.91 Å². The zero-order chi connectivity index (χ0) is 13.1. The molecule has 1 amide bonds. The number of pyridine rings is 1. The zero-order valence-electron chi connectivity index (χ0n) is 9.58. The molecule has 18 heavy (non-hydrogen) atoms. The fourth-order valence-electron chi connectivity index (χ4n) is 1.38. The van der Waals surface area contributed by atoms with Crippen LogP contribution in [0.5, 0.6) is 0 Å². The molecule has 5 heteroatoms. The fraction of sp³-hybridized carbons (Fsp3) is 0.0769. The molecular weight excluding hydrogens is 363 g/mol. The number of carbonyl (C=O) groups is 1. The topological polar surface area (TPSA) is 42.0 Å². The van der Waals surface area contributed by atoms with E-state index in [9.17, 15) is 4.79 Å². The van der Waals surface area contributed by atoms with Crippen LogP contribution >= 0.6 is 34.2 Å². The molecule has 0 bridgehead atoms. The Morgan fingerprint density at radius 1 is 1.33 bits per heavy atom. The summed E-state index contributed by atoms with van der Waals surface area (Å²) in [5.74, 6) is -0.244. The van der Waals surface area contributed by atoms with Gasteiger partial charge in [0, 0.05) is 15.5 Å². The molecule has 0 fully saturated rings. The second-order valence-electron chi connectivity index (χ2n) is 3.78. The van der Waals surface area contributed by atoms with Crippen molar-refractivity contribution in [3.8, 4) is 0 Å². The summed E-state index contributed by atoms with van der Waals surface area (Å²) in [6.07, 6.45) is 1.45. The molecule has 1 aromatic heterocycles. The monoisotopic (exact) mass is 372 g/mol. The molecule has 1 heterocycles. The van der Waals surface area contributed by atoms with Gasteiger partial charge in [-0.1, -0.05) is 17.7 Å². The van der Waals surface area contributed by atoms with E-state index in [4.69, 9.17) is 11.6 Å². The number of nitrogens with zero attached hydrogens (tertiary/aromatic N) is 1. The van der Waals surface area contributed by atoms with E-state index in [0.29, 0.717) is 10.7 Å². The third-order valence-corrected chi connectivity index (χ3v) is 3.78. The van der Waals surface area contributed by atoms with Crippen LogP contribution in [0.15, 0.2) is 36.5 Å². The molecule has 0 unspecified atom stereocenters. The summed E-state index contributed by atoms with van der Waals surface area (Å²) in [5.41, 5.74) is 2.28. The van der Waals surface area contributed by atoms with Crippen molar-refractivity contribution in [1.29, 1.82) is 0 Å². The first-order chi connectivity index (χ1) is 8.56. The predicted molar refractivity (Wildman–Crippen MR) is 81.1 cm³/mol. The van der Waals surface area contributed by atoms with Gasteiger partial charge < -0.3 is 5.32 Å². The van der Waals surface area contributed by atoms with E-state index in [2.05, 4.69) is 32.9 Å². The number of aromatic nitrogens is 1. The van der Waals surface area contributed by atoms with Crippen molar-refractivity contribution in [2.24, 2.45) is 0 Å². The van der Waals surface area contributed by atoms with Gasteiger partial charge in [-0.3, -0.25) is 4.79 Å². The van der Waals surface area contributed by atoms with E-state index in [1.807, 2.05) is 25.1 Å². The summed E-state index contributed by atoms with van der Waals surface area (Å²) in [4.78, 5) is 15.9. The third kappa shape index (κ3) is 3.20. The van der Waals surface area contributed by atoms with Crippen LogP contribution in [0.2, 0.25) is 5.02 Å². The summed E-state index contributed by atoms with van der Waals surface area (Å²) in [6.45, 7) is 2.02. The molecule has 0 saturated carbocycles. The smallest absolute Gasteiger partial charge is 0.274 e. The van der Waals surface area contributed by atoms with Crippen molar-refractivity contribution in [1.82, 2.24) is 4.98 Å². The van der Waals surface area contributed by atoms with Crippen LogP contribution < -0.4 is 5.32 Å². The molecule has 0 saturated heterocycles. The van der Waals surface area contributed by atoms with Crippen molar-refractivity contribution in [3.05, 3.63) is 56.4 Å². The number of aryl methyl sites for hydroxylation is 1. The van der Waals surface area contributed by atoms with E-state index < -0.39 is 0 Å². The Kier molecular flexibility index (Phi) is 4.19. The van der Waals surface area contributed by atoms with Crippen LogP contribution in [-0.2, 0) is 0 Å². The molecule has 0 aliphatic carbocycles. The highest BCUT2D eigenvalue weighted by atomic mass is 127. The van der Waals surface area contributed by atoms with Crippen molar-refractivity contribution in [2.45, 2.75) is 6.92 Å². The molecule has 2 rings (SSSR count). The number of rotatable bonds is 2. The van der Waals surface area contributed by atoms with Crippen LogP contribution in [0.25, 0.3) is 0 Å². The van der Waals surface area contributed by atoms with Gasteiger partial charge in [-0.15, -0.1) is 0 Å². The second-order valence-corrected chi connectivity index (χ2v) is 5.38. The molecule has 3 nitrogen and oxygen atoms in total. The first-order valence-corrected chi connectivity index (χ1v) is 6.71. The standard InChI is InChI=1S/C13H10ClIN2O/c1-8-2-4-10(6-11(8)15)17-13(18)12-5-3-9(14)7-16-12/h2-7H,1H3,(H,17,18). The summed E-state index contributed by atoms with van der Waals surface area (Å²) >= 11 is 7.95. The van der Waals surface area contributed by atoms with E-state index in [0.717, 1.165) is 9.26 Å². The number of benzene rings is 1. The van der Waals surface area contributed by atoms with Gasteiger partial charge in [0.1, 0.15) is 5.69 Å². The highest BCUT2D eigenvalue weighted by Crippen LogP contribution is 2.17. The van der Waals surface area contributed by atoms with Crippen molar-refractivity contribution in [2.75, 3.05) is 5.32 Å². The van der Waals surface area contributed by atoms with Crippen LogP contribution in [0.1, 0.15) is 16.1 Å². The van der Waals surface area contributed by atoms with Crippen LogP contribution in [-0.4, -0.2) is 10.9 Å². The average Bonchev–Trinajstić information content (AvgIpc) is 2.34. The Labute approximate surface area is 124 Å². The van der Waals surface area contributed by atoms with Gasteiger partial charge in [-0.25, -0.2) is 4.98 Å². The van der Waals surface area contributed by atoms with E-state index >= 15 is 0 Å². The molecule has 0 spiro atoms. The zero-order valence-corrected chi connectivity index (χ0v) is 12.5. The number of halogens is 2. The van der Waals surface area contributed by atoms with Gasteiger partial charge in [0.05, 0.1) is 5.02 Å². The minimum absolute atomic E-state index is 0.244. The molecule has 1 aromatic carbocycles. The van der Waals surface area contributed by atoms with E-state index in [-0.39, 0.29) is 5.91 Å². The molecular formula is C13H10ClIN2O. The first-order valence-electron chi connectivity index (χ1n) is 5.25. The summed E-state index contributed by atoms with van der Waals surface area (Å²) < 4.78 is 1.11. The second kappa shape index (κ2) is 5.67. The van der Waals surface area contributed by atoms with Gasteiger partial charge in [-0.2, -0.15) is 0 Å². The van der Waals surface area contributed by atoms with E-state index in [1.165, 1.54) is 11.8 Å². The quantitative estimate of drug-likeness (QED) is 0.813. The Balaban J connectivity index is 2.16. The average molecular weight is 373 g/mol. The number of carbonyl (C=O) groups excluding carboxylic acids is 1. The summed E-state index contributed by atoms with van der Waals surface area (Å²) in [5, 5.41) is 3.31. The number of anilines is 1. The maximum atomic E-state index is 11.9. The van der Waals surface area contributed by atoms with Crippen molar-refractivity contribution < 1.29 is 4.79 Å². The first kappa shape index (κ1) is 13.3. The van der Waals surface area contributed by atoms with Crippen molar-refractivity contribution in [3.63, 3.8) is 0 Å². The lowest BCUT2D eigenvalue weighted by Crippen LogP contribution is -2.13. The maximum Gasteiger partial charge on any atom is 0.274 e. The summed E-state index contributed by atoms with van der Waals surface area (Å²) in [6, 6.07) is 8.99. The van der Waals surface area contributed by atoms with Crippen LogP contribution in [0.4, 0.5) is 5.69 Å². The van der Waals surface area contributed by atoms with Gasteiger partial charge in [0.2, 0.25) is 0 Å². The van der Waals surface area contributed by atoms with Gasteiger partial charge in [-0.05, 0) is 59.3 Å². The van der Waals surface area contributed by atoms with Gasteiger partial charge >= 0.3 is 0 Å². The number of hydrogen-bond donors (Lipinski definition) is 1. The lowest BCUT2D eigenvalue weighted by atomic mass is 10.2. The van der Waals surface area contributed by atoms with Crippen molar-refractivity contribution >= 4 is 45.8 Å². The molecule has 2 aromatic rings. The molecule has 0 radical (unpaired) electrons. The summed E-state index contributed by atoms with van der Waals surface area (Å²) in [7, 11) is 0. The molecule has 0 aliphatic rings.